The Balaban J connectivity index is 2.97. The molecule has 1 rings (SSSR count). The van der Waals surface area contributed by atoms with Crippen molar-refractivity contribution in [2.24, 2.45) is 17.3 Å². The summed E-state index contributed by atoms with van der Waals surface area (Å²) in [4.78, 5) is 0. The fourth-order valence-electron chi connectivity index (χ4n) is 3.31. The van der Waals surface area contributed by atoms with Crippen LogP contribution in [0, 0.1) is 17.3 Å². The normalized spacial score (nSPS) is 35.7. The average Bonchev–Trinajstić information content (AvgIpc) is 2.14. The molecule has 0 aromatic rings. The van der Waals surface area contributed by atoms with Gasteiger partial charge in [0.1, 0.15) is 0 Å². The Kier molecular flexibility index (Phi) is 3.81. The van der Waals surface area contributed by atoms with Crippen molar-refractivity contribution in [1.29, 1.82) is 0 Å². The summed E-state index contributed by atoms with van der Waals surface area (Å²) in [6, 6.07) is 0. The summed E-state index contributed by atoms with van der Waals surface area (Å²) in [5.41, 5.74) is -1.42. The molecule has 0 radical (unpaired) electrons. The molecule has 1 aliphatic rings. The Morgan fingerprint density at radius 2 is 1.71 bits per heavy atom. The van der Waals surface area contributed by atoms with Gasteiger partial charge in [-0.3, -0.25) is 0 Å². The van der Waals surface area contributed by atoms with Crippen molar-refractivity contribution in [1.82, 2.24) is 0 Å². The predicted octanol–water partition coefficient (Wildman–Crippen LogP) is 3.14. The van der Waals surface area contributed by atoms with E-state index in [4.69, 9.17) is 0 Å². The second-order valence-corrected chi connectivity index (χ2v) is 7.04. The van der Waals surface area contributed by atoms with Crippen LogP contribution in [0.5, 0.6) is 0 Å². The first kappa shape index (κ1) is 14.7. The molecular formula is C15H28O2. The van der Waals surface area contributed by atoms with Gasteiger partial charge in [-0.25, -0.2) is 0 Å². The van der Waals surface area contributed by atoms with Gasteiger partial charge in [-0.2, -0.15) is 0 Å². The molecular weight excluding hydrogens is 212 g/mol. The Hall–Kier alpha value is -0.340. The van der Waals surface area contributed by atoms with Gasteiger partial charge in [0.15, 0.2) is 0 Å². The van der Waals surface area contributed by atoms with E-state index in [0.717, 1.165) is 19.3 Å². The second kappa shape index (κ2) is 4.40. The number of allylic oxidation sites excluding steroid dienone is 1. The lowest BCUT2D eigenvalue weighted by atomic mass is 9.57. The van der Waals surface area contributed by atoms with Crippen molar-refractivity contribution in [2.45, 2.75) is 65.1 Å². The van der Waals surface area contributed by atoms with Crippen LogP contribution in [-0.4, -0.2) is 21.4 Å². The molecule has 1 saturated carbocycles. The van der Waals surface area contributed by atoms with Gasteiger partial charge >= 0.3 is 0 Å². The van der Waals surface area contributed by atoms with E-state index in [1.165, 1.54) is 0 Å². The molecule has 0 heterocycles. The molecule has 2 heteroatoms. The maximum Gasteiger partial charge on any atom is 0.0628 e. The third kappa shape index (κ3) is 3.11. The van der Waals surface area contributed by atoms with Crippen LogP contribution in [-0.2, 0) is 0 Å². The van der Waals surface area contributed by atoms with E-state index in [0.29, 0.717) is 0 Å². The first-order chi connectivity index (χ1) is 7.50. The van der Waals surface area contributed by atoms with E-state index in [-0.39, 0.29) is 17.3 Å². The van der Waals surface area contributed by atoms with Crippen LogP contribution < -0.4 is 0 Å². The standard InChI is InChI=1S/C15H28O2/c1-7-15(6)9-8-11(13(2,3)16)10-12(15)14(4,5)17/h7,11-12,16-17H,1,8-10H2,2-6H3/t11-,12+,15-/m1/s1. The molecule has 1 aliphatic carbocycles. The molecule has 3 atom stereocenters. The highest BCUT2D eigenvalue weighted by molar-refractivity contribution is 5.06. The summed E-state index contributed by atoms with van der Waals surface area (Å²) in [6.07, 6.45) is 4.82. The number of rotatable bonds is 3. The van der Waals surface area contributed by atoms with Crippen molar-refractivity contribution in [3.63, 3.8) is 0 Å². The Bertz CT molecular complexity index is 282. The first-order valence-corrected chi connectivity index (χ1v) is 6.59. The van der Waals surface area contributed by atoms with Gasteiger partial charge < -0.3 is 10.2 Å². The molecule has 0 aromatic carbocycles. The average molecular weight is 240 g/mol. The third-order valence-electron chi connectivity index (χ3n) is 4.67. The molecule has 0 spiro atoms. The Morgan fingerprint density at radius 1 is 1.18 bits per heavy atom. The van der Waals surface area contributed by atoms with Gasteiger partial charge in [0.05, 0.1) is 11.2 Å². The summed E-state index contributed by atoms with van der Waals surface area (Å²) >= 11 is 0. The SMILES string of the molecule is C=C[C@]1(C)CC[C@@H](C(C)(C)O)C[C@H]1C(C)(C)O. The van der Waals surface area contributed by atoms with Gasteiger partial charge in [-0.15, -0.1) is 6.58 Å². The van der Waals surface area contributed by atoms with Crippen LogP contribution in [0.3, 0.4) is 0 Å². The van der Waals surface area contributed by atoms with Gasteiger partial charge in [-0.05, 0) is 64.2 Å². The highest BCUT2D eigenvalue weighted by atomic mass is 16.3. The third-order valence-corrected chi connectivity index (χ3v) is 4.67. The summed E-state index contributed by atoms with van der Waals surface area (Å²) in [5, 5.41) is 20.5. The van der Waals surface area contributed by atoms with E-state index >= 15 is 0 Å². The highest BCUT2D eigenvalue weighted by Crippen LogP contribution is 2.51. The smallest absolute Gasteiger partial charge is 0.0628 e. The van der Waals surface area contributed by atoms with E-state index in [9.17, 15) is 10.2 Å². The monoisotopic (exact) mass is 240 g/mol. The number of hydrogen-bond donors (Lipinski definition) is 2. The molecule has 2 nitrogen and oxygen atoms in total. The summed E-state index contributed by atoms with van der Waals surface area (Å²) in [7, 11) is 0. The van der Waals surface area contributed by atoms with Gasteiger partial charge in [-0.1, -0.05) is 13.0 Å². The maximum absolute atomic E-state index is 10.4. The van der Waals surface area contributed by atoms with E-state index in [2.05, 4.69) is 13.5 Å². The number of hydrogen-bond acceptors (Lipinski definition) is 2. The minimum atomic E-state index is -0.729. The lowest BCUT2D eigenvalue weighted by Gasteiger charge is -2.50. The molecule has 17 heavy (non-hydrogen) atoms. The minimum absolute atomic E-state index is 0.0278. The van der Waals surface area contributed by atoms with Crippen molar-refractivity contribution in [3.05, 3.63) is 12.7 Å². The lowest BCUT2D eigenvalue weighted by Crippen LogP contribution is -2.49. The van der Waals surface area contributed by atoms with Gasteiger partial charge in [0, 0.05) is 0 Å². The summed E-state index contributed by atoms with van der Waals surface area (Å²) in [6.45, 7) is 13.6. The quantitative estimate of drug-likeness (QED) is 0.744. The van der Waals surface area contributed by atoms with Crippen LogP contribution in [0.15, 0.2) is 12.7 Å². The topological polar surface area (TPSA) is 40.5 Å². The first-order valence-electron chi connectivity index (χ1n) is 6.59. The van der Waals surface area contributed by atoms with Crippen LogP contribution in [0.2, 0.25) is 0 Å². The highest BCUT2D eigenvalue weighted by Gasteiger charge is 2.47. The molecule has 0 unspecified atom stereocenters. The van der Waals surface area contributed by atoms with E-state index < -0.39 is 11.2 Å². The largest absolute Gasteiger partial charge is 0.390 e. The zero-order valence-electron chi connectivity index (χ0n) is 12.0. The van der Waals surface area contributed by atoms with Gasteiger partial charge in [0.25, 0.3) is 0 Å². The Labute approximate surface area is 106 Å². The fraction of sp³-hybridized carbons (Fsp3) is 0.867. The van der Waals surface area contributed by atoms with E-state index in [1.807, 2.05) is 33.8 Å². The minimum Gasteiger partial charge on any atom is -0.390 e. The lowest BCUT2D eigenvalue weighted by molar-refractivity contribution is -0.0943. The number of aliphatic hydroxyl groups is 2. The maximum atomic E-state index is 10.4. The molecule has 0 saturated heterocycles. The molecule has 0 amide bonds. The molecule has 0 bridgehead atoms. The predicted molar refractivity (Wildman–Crippen MR) is 71.7 cm³/mol. The molecule has 0 aromatic heterocycles. The van der Waals surface area contributed by atoms with Crippen LogP contribution >= 0.6 is 0 Å². The zero-order valence-corrected chi connectivity index (χ0v) is 12.0. The molecule has 2 N–H and O–H groups in total. The Morgan fingerprint density at radius 3 is 2.06 bits per heavy atom. The molecule has 100 valence electrons. The zero-order chi connectivity index (χ0) is 13.5. The van der Waals surface area contributed by atoms with Crippen molar-refractivity contribution in [3.8, 4) is 0 Å². The van der Waals surface area contributed by atoms with Crippen LogP contribution in [0.25, 0.3) is 0 Å². The molecule has 0 aliphatic heterocycles. The summed E-state index contributed by atoms with van der Waals surface area (Å²) in [5.74, 6) is 0.407. The van der Waals surface area contributed by atoms with Crippen molar-refractivity contribution >= 4 is 0 Å². The van der Waals surface area contributed by atoms with Crippen molar-refractivity contribution in [2.75, 3.05) is 0 Å². The van der Waals surface area contributed by atoms with Gasteiger partial charge in [0.2, 0.25) is 0 Å². The van der Waals surface area contributed by atoms with Crippen LogP contribution in [0.4, 0.5) is 0 Å². The second-order valence-electron chi connectivity index (χ2n) is 7.04. The van der Waals surface area contributed by atoms with Crippen LogP contribution in [0.1, 0.15) is 53.9 Å². The van der Waals surface area contributed by atoms with Crippen molar-refractivity contribution < 1.29 is 10.2 Å². The van der Waals surface area contributed by atoms with E-state index in [1.54, 1.807) is 0 Å². The fourth-order valence-corrected chi connectivity index (χ4v) is 3.31. The summed E-state index contributed by atoms with van der Waals surface area (Å²) < 4.78 is 0. The molecule has 1 fully saturated rings.